The molecule has 0 saturated carbocycles. The minimum atomic E-state index is 0.195. The fraction of sp³-hybridized carbons (Fsp3) is 0.789. The van der Waals surface area contributed by atoms with Gasteiger partial charge in [-0.25, -0.2) is 0 Å². The van der Waals surface area contributed by atoms with E-state index < -0.39 is 0 Å². The van der Waals surface area contributed by atoms with Crippen LogP contribution in [-0.2, 0) is 9.05 Å². The molecule has 0 heterocycles. The van der Waals surface area contributed by atoms with E-state index in [9.17, 15) is 0 Å². The second kappa shape index (κ2) is 37.3. The van der Waals surface area contributed by atoms with Gasteiger partial charge in [0.1, 0.15) is 0 Å². The third-order valence-electron chi connectivity index (χ3n) is 7.75. The first-order chi connectivity index (χ1) is 20.3. The molecule has 0 aromatic heterocycles. The van der Waals surface area contributed by atoms with Crippen molar-refractivity contribution in [2.45, 2.75) is 187 Å². The molecule has 41 heavy (non-hydrogen) atoms. The summed E-state index contributed by atoms with van der Waals surface area (Å²) in [6.07, 6.45) is 53.0. The SMILES string of the molecule is CCCCC/C=C\C/C=C\CCCCCCCCC(CCCCCCCC/C=C\C/C=C\CCCCC)OPOC. The third kappa shape index (κ3) is 35.4. The van der Waals surface area contributed by atoms with E-state index >= 15 is 0 Å². The van der Waals surface area contributed by atoms with Crippen molar-refractivity contribution in [1.29, 1.82) is 0 Å². The second-order valence-corrected chi connectivity index (χ2v) is 12.6. The summed E-state index contributed by atoms with van der Waals surface area (Å²) in [6.45, 7) is 4.53. The van der Waals surface area contributed by atoms with Crippen molar-refractivity contribution >= 4 is 9.03 Å². The van der Waals surface area contributed by atoms with Gasteiger partial charge in [-0.2, -0.15) is 0 Å². The Labute approximate surface area is 260 Å². The van der Waals surface area contributed by atoms with Crippen LogP contribution in [0, 0.1) is 0 Å². The fourth-order valence-electron chi connectivity index (χ4n) is 5.10. The van der Waals surface area contributed by atoms with Gasteiger partial charge in [0.2, 0.25) is 0 Å². The molecule has 2 nitrogen and oxygen atoms in total. The average Bonchev–Trinajstić information content (AvgIpc) is 2.98. The fourth-order valence-corrected chi connectivity index (χ4v) is 5.57. The monoisotopic (exact) mass is 591 g/mol. The van der Waals surface area contributed by atoms with Crippen LogP contribution >= 0.6 is 9.03 Å². The van der Waals surface area contributed by atoms with Gasteiger partial charge in [0.15, 0.2) is 9.03 Å². The minimum absolute atomic E-state index is 0.195. The summed E-state index contributed by atoms with van der Waals surface area (Å²) in [5.41, 5.74) is 0. The summed E-state index contributed by atoms with van der Waals surface area (Å²) in [5, 5.41) is 0. The number of rotatable bonds is 33. The van der Waals surface area contributed by atoms with Gasteiger partial charge >= 0.3 is 0 Å². The highest BCUT2D eigenvalue weighted by Gasteiger charge is 2.09. The molecule has 0 aromatic rings. The minimum Gasteiger partial charge on any atom is -0.340 e. The summed E-state index contributed by atoms with van der Waals surface area (Å²) in [6, 6.07) is 0. The van der Waals surface area contributed by atoms with Crippen LogP contribution in [0.1, 0.15) is 181 Å². The van der Waals surface area contributed by atoms with Gasteiger partial charge in [-0.3, -0.25) is 0 Å². The molecule has 0 aliphatic rings. The normalized spacial score (nSPS) is 12.8. The molecule has 0 bridgehead atoms. The Bertz CT molecular complexity index is 547. The van der Waals surface area contributed by atoms with Crippen molar-refractivity contribution in [2.75, 3.05) is 7.11 Å². The van der Waals surface area contributed by atoms with Gasteiger partial charge in [-0.1, -0.05) is 152 Å². The van der Waals surface area contributed by atoms with E-state index in [1.54, 1.807) is 7.11 Å². The lowest BCUT2D eigenvalue weighted by Gasteiger charge is -2.17. The zero-order chi connectivity index (χ0) is 29.7. The Balaban J connectivity index is 3.60. The Hall–Kier alpha value is -0.690. The summed E-state index contributed by atoms with van der Waals surface area (Å²) in [5.74, 6) is 0. The Morgan fingerprint density at radius 3 is 1.15 bits per heavy atom. The number of unbranched alkanes of at least 4 members (excludes halogenated alkanes) is 18. The molecule has 0 amide bonds. The number of allylic oxidation sites excluding steroid dienone is 8. The van der Waals surface area contributed by atoms with E-state index in [1.807, 2.05) is 0 Å². The van der Waals surface area contributed by atoms with Gasteiger partial charge in [-0.05, 0) is 77.0 Å². The van der Waals surface area contributed by atoms with Gasteiger partial charge in [-0.15, -0.1) is 0 Å². The van der Waals surface area contributed by atoms with E-state index in [1.165, 1.54) is 154 Å². The van der Waals surface area contributed by atoms with Crippen LogP contribution in [0.4, 0.5) is 0 Å². The van der Waals surface area contributed by atoms with Crippen molar-refractivity contribution < 1.29 is 9.05 Å². The Morgan fingerprint density at radius 1 is 0.439 bits per heavy atom. The van der Waals surface area contributed by atoms with Crippen LogP contribution in [-0.4, -0.2) is 13.2 Å². The van der Waals surface area contributed by atoms with Gasteiger partial charge in [0.05, 0.1) is 6.10 Å². The Morgan fingerprint density at radius 2 is 0.780 bits per heavy atom. The van der Waals surface area contributed by atoms with E-state index in [0.717, 1.165) is 12.8 Å². The van der Waals surface area contributed by atoms with Crippen LogP contribution in [0.2, 0.25) is 0 Å². The van der Waals surface area contributed by atoms with E-state index in [4.69, 9.17) is 9.05 Å². The van der Waals surface area contributed by atoms with Gasteiger partial charge in [0, 0.05) is 7.11 Å². The van der Waals surface area contributed by atoms with Crippen LogP contribution < -0.4 is 0 Å². The van der Waals surface area contributed by atoms with E-state index in [-0.39, 0.29) is 9.03 Å². The zero-order valence-corrected chi connectivity index (χ0v) is 28.9. The maximum Gasteiger partial charge on any atom is 0.155 e. The lowest BCUT2D eigenvalue weighted by atomic mass is 10.0. The lowest BCUT2D eigenvalue weighted by Crippen LogP contribution is -2.08. The molecule has 0 rings (SSSR count). The summed E-state index contributed by atoms with van der Waals surface area (Å²) in [4.78, 5) is 0. The first kappa shape index (κ1) is 40.3. The molecular weight excluding hydrogens is 519 g/mol. The molecule has 0 radical (unpaired) electrons. The van der Waals surface area contributed by atoms with Gasteiger partial charge < -0.3 is 9.05 Å². The van der Waals surface area contributed by atoms with Crippen LogP contribution in [0.5, 0.6) is 0 Å². The first-order valence-electron chi connectivity index (χ1n) is 17.9. The predicted octanol–water partition coefficient (Wildman–Crippen LogP) is 13.9. The molecule has 0 N–H and O–H groups in total. The second-order valence-electron chi connectivity index (χ2n) is 11.8. The molecule has 1 atom stereocenters. The molecule has 0 aliphatic heterocycles. The summed E-state index contributed by atoms with van der Waals surface area (Å²) >= 11 is 0. The van der Waals surface area contributed by atoms with Gasteiger partial charge in [0.25, 0.3) is 0 Å². The number of hydrogen-bond acceptors (Lipinski definition) is 2. The highest BCUT2D eigenvalue weighted by atomic mass is 31.1. The predicted molar refractivity (Wildman–Crippen MR) is 188 cm³/mol. The summed E-state index contributed by atoms with van der Waals surface area (Å²) < 4.78 is 11.2. The molecule has 0 fully saturated rings. The quantitative estimate of drug-likeness (QED) is 0.0430. The third-order valence-corrected chi connectivity index (χ3v) is 8.35. The van der Waals surface area contributed by atoms with Crippen molar-refractivity contribution in [1.82, 2.24) is 0 Å². The molecule has 240 valence electrons. The van der Waals surface area contributed by atoms with Crippen LogP contribution in [0.25, 0.3) is 0 Å². The first-order valence-corrected chi connectivity index (χ1v) is 18.7. The molecule has 0 aromatic carbocycles. The van der Waals surface area contributed by atoms with Crippen LogP contribution in [0.3, 0.4) is 0 Å². The topological polar surface area (TPSA) is 18.5 Å². The van der Waals surface area contributed by atoms with Crippen molar-refractivity contribution in [3.05, 3.63) is 48.6 Å². The van der Waals surface area contributed by atoms with Crippen molar-refractivity contribution in [3.63, 3.8) is 0 Å². The molecule has 0 saturated heterocycles. The smallest absolute Gasteiger partial charge is 0.155 e. The lowest BCUT2D eigenvalue weighted by molar-refractivity contribution is 0.175. The number of hydrogen-bond donors (Lipinski definition) is 0. The van der Waals surface area contributed by atoms with Crippen molar-refractivity contribution in [2.24, 2.45) is 0 Å². The van der Waals surface area contributed by atoms with Crippen LogP contribution in [0.15, 0.2) is 48.6 Å². The van der Waals surface area contributed by atoms with E-state index in [0.29, 0.717) is 6.10 Å². The Kier molecular flexibility index (Phi) is 36.7. The zero-order valence-electron chi connectivity index (χ0n) is 27.9. The largest absolute Gasteiger partial charge is 0.340 e. The molecule has 0 spiro atoms. The maximum atomic E-state index is 6.02. The average molecular weight is 591 g/mol. The summed E-state index contributed by atoms with van der Waals surface area (Å²) in [7, 11) is 1.94. The molecule has 3 heteroatoms. The standard InChI is InChI=1S/C38H71O2P/c1-4-6-8-10-12-14-16-18-20-22-24-26-28-30-32-34-36-38(40-41-39-3)37-35-33-31-29-27-25-23-21-19-17-15-13-11-9-7-5-2/h12-15,18-21,38,41H,4-11,16-17,22-37H2,1-3H3/b14-12-,15-13-,20-18-,21-19-. The molecular formula is C38H71O2P. The van der Waals surface area contributed by atoms with E-state index in [2.05, 4.69) is 62.5 Å². The highest BCUT2D eigenvalue weighted by Crippen LogP contribution is 2.24. The highest BCUT2D eigenvalue weighted by molar-refractivity contribution is 7.26. The molecule has 1 unspecified atom stereocenters. The maximum absolute atomic E-state index is 6.02. The molecule has 0 aliphatic carbocycles. The van der Waals surface area contributed by atoms with Crippen molar-refractivity contribution in [3.8, 4) is 0 Å².